The molecule has 1 rings (SSSR count). The molecule has 1 amide bonds. The van der Waals surface area contributed by atoms with E-state index < -0.39 is 0 Å². The fourth-order valence-corrected chi connectivity index (χ4v) is 1.41. The highest BCUT2D eigenvalue weighted by Crippen LogP contribution is 2.10. The molecule has 5 nitrogen and oxygen atoms in total. The highest BCUT2D eigenvalue weighted by molar-refractivity contribution is 5.77. The zero-order chi connectivity index (χ0) is 10.2. The summed E-state index contributed by atoms with van der Waals surface area (Å²) in [5, 5.41) is 3.21. The molecule has 0 unspecified atom stereocenters. The highest BCUT2D eigenvalue weighted by atomic mass is 16.7. The van der Waals surface area contributed by atoms with Crippen LogP contribution in [0, 0.1) is 5.92 Å². The highest BCUT2D eigenvalue weighted by Gasteiger charge is 2.20. The van der Waals surface area contributed by atoms with Crippen LogP contribution in [-0.2, 0) is 14.4 Å². The lowest BCUT2D eigenvalue weighted by Crippen LogP contribution is -2.38. The monoisotopic (exact) mass is 202 g/mol. The largest absolute Gasteiger partial charge is 0.382 e. The van der Waals surface area contributed by atoms with E-state index in [4.69, 9.17) is 9.57 Å². The number of methoxy groups -OCH3 is 1. The third-order valence-corrected chi connectivity index (χ3v) is 2.27. The molecule has 0 radical (unpaired) electrons. The smallest absolute Gasteiger partial charge is 0.246 e. The maximum absolute atomic E-state index is 11.5. The van der Waals surface area contributed by atoms with Gasteiger partial charge in [0, 0.05) is 13.0 Å². The predicted molar refractivity (Wildman–Crippen MR) is 51.6 cm³/mol. The van der Waals surface area contributed by atoms with Crippen molar-refractivity contribution in [1.29, 1.82) is 0 Å². The Morgan fingerprint density at radius 1 is 1.43 bits per heavy atom. The summed E-state index contributed by atoms with van der Waals surface area (Å²) in [4.78, 5) is 16.4. The Balaban J connectivity index is 2.07. The first-order valence-corrected chi connectivity index (χ1v) is 4.96. The van der Waals surface area contributed by atoms with Gasteiger partial charge in [0.15, 0.2) is 0 Å². The van der Waals surface area contributed by atoms with E-state index in [2.05, 4.69) is 10.8 Å². The SMILES string of the molecule is COCCONC(=O)C1CCNCC1. The first kappa shape index (κ1) is 11.4. The summed E-state index contributed by atoms with van der Waals surface area (Å²) < 4.78 is 4.78. The van der Waals surface area contributed by atoms with Crippen LogP contribution in [0.25, 0.3) is 0 Å². The molecule has 1 saturated heterocycles. The Morgan fingerprint density at radius 2 is 2.14 bits per heavy atom. The molecule has 14 heavy (non-hydrogen) atoms. The minimum absolute atomic E-state index is 0.0115. The Labute approximate surface area is 84.1 Å². The maximum atomic E-state index is 11.5. The molecule has 0 atom stereocenters. The van der Waals surface area contributed by atoms with Crippen LogP contribution >= 0.6 is 0 Å². The van der Waals surface area contributed by atoms with Crippen molar-refractivity contribution in [3.8, 4) is 0 Å². The van der Waals surface area contributed by atoms with E-state index >= 15 is 0 Å². The van der Waals surface area contributed by atoms with Crippen LogP contribution in [0.1, 0.15) is 12.8 Å². The van der Waals surface area contributed by atoms with E-state index in [9.17, 15) is 4.79 Å². The third-order valence-electron chi connectivity index (χ3n) is 2.27. The van der Waals surface area contributed by atoms with Gasteiger partial charge in [-0.3, -0.25) is 9.63 Å². The van der Waals surface area contributed by atoms with Gasteiger partial charge >= 0.3 is 0 Å². The van der Waals surface area contributed by atoms with Crippen LogP contribution in [-0.4, -0.2) is 39.3 Å². The van der Waals surface area contributed by atoms with E-state index in [0.29, 0.717) is 13.2 Å². The van der Waals surface area contributed by atoms with Gasteiger partial charge in [0.1, 0.15) is 0 Å². The maximum Gasteiger partial charge on any atom is 0.246 e. The van der Waals surface area contributed by atoms with Gasteiger partial charge in [-0.25, -0.2) is 5.48 Å². The van der Waals surface area contributed by atoms with Crippen molar-refractivity contribution in [2.75, 3.05) is 33.4 Å². The number of carbonyl (C=O) groups is 1. The lowest BCUT2D eigenvalue weighted by molar-refractivity contribution is -0.139. The van der Waals surface area contributed by atoms with Crippen molar-refractivity contribution in [3.63, 3.8) is 0 Å². The van der Waals surface area contributed by atoms with Gasteiger partial charge in [0.05, 0.1) is 13.2 Å². The molecule has 1 fully saturated rings. The average Bonchev–Trinajstić information content (AvgIpc) is 2.25. The summed E-state index contributed by atoms with van der Waals surface area (Å²) in [7, 11) is 1.60. The zero-order valence-electron chi connectivity index (χ0n) is 8.54. The van der Waals surface area contributed by atoms with Gasteiger partial charge in [-0.15, -0.1) is 0 Å². The zero-order valence-corrected chi connectivity index (χ0v) is 8.54. The Kier molecular flexibility index (Phi) is 5.51. The quantitative estimate of drug-likeness (QED) is 0.474. The number of hydrogen-bond acceptors (Lipinski definition) is 4. The van der Waals surface area contributed by atoms with Crippen LogP contribution < -0.4 is 10.8 Å². The summed E-state index contributed by atoms with van der Waals surface area (Å²) in [6.07, 6.45) is 1.78. The second kappa shape index (κ2) is 6.75. The fourth-order valence-electron chi connectivity index (χ4n) is 1.41. The van der Waals surface area contributed by atoms with Gasteiger partial charge in [0.2, 0.25) is 5.91 Å². The molecule has 82 valence electrons. The molecule has 1 aliphatic heterocycles. The van der Waals surface area contributed by atoms with E-state index in [-0.39, 0.29) is 11.8 Å². The molecule has 0 aromatic rings. The minimum Gasteiger partial charge on any atom is -0.382 e. The molecular formula is C9H18N2O3. The predicted octanol–water partition coefficient (Wildman–Crippen LogP) is -0.320. The van der Waals surface area contributed by atoms with E-state index in [1.165, 1.54) is 0 Å². The van der Waals surface area contributed by atoms with Crippen molar-refractivity contribution >= 4 is 5.91 Å². The number of hydroxylamine groups is 1. The van der Waals surface area contributed by atoms with Crippen LogP contribution in [0.2, 0.25) is 0 Å². The van der Waals surface area contributed by atoms with Gasteiger partial charge in [-0.1, -0.05) is 0 Å². The van der Waals surface area contributed by atoms with E-state index in [1.807, 2.05) is 0 Å². The van der Waals surface area contributed by atoms with Crippen LogP contribution in [0.5, 0.6) is 0 Å². The lowest BCUT2D eigenvalue weighted by Gasteiger charge is -2.21. The van der Waals surface area contributed by atoms with Gasteiger partial charge in [-0.05, 0) is 25.9 Å². The summed E-state index contributed by atoms with van der Waals surface area (Å²) in [6.45, 7) is 2.71. The molecule has 1 aliphatic rings. The topological polar surface area (TPSA) is 59.6 Å². The number of carbonyl (C=O) groups excluding carboxylic acids is 1. The number of hydrogen-bond donors (Lipinski definition) is 2. The average molecular weight is 202 g/mol. The Bertz CT molecular complexity index is 169. The van der Waals surface area contributed by atoms with Crippen molar-refractivity contribution < 1.29 is 14.4 Å². The molecule has 1 heterocycles. The molecule has 0 aliphatic carbocycles. The standard InChI is InChI=1S/C9H18N2O3/c1-13-6-7-14-11-9(12)8-2-4-10-5-3-8/h8,10H,2-7H2,1H3,(H,11,12). The molecule has 2 N–H and O–H groups in total. The number of ether oxygens (including phenoxy) is 1. The molecule has 0 aromatic heterocycles. The first-order chi connectivity index (χ1) is 6.84. The second-order valence-electron chi connectivity index (χ2n) is 3.33. The first-order valence-electron chi connectivity index (χ1n) is 4.96. The summed E-state index contributed by atoms with van der Waals surface area (Å²) >= 11 is 0. The van der Waals surface area contributed by atoms with Crippen molar-refractivity contribution in [3.05, 3.63) is 0 Å². The summed E-state index contributed by atoms with van der Waals surface area (Å²) in [5.41, 5.74) is 2.44. The number of piperidine rings is 1. The number of nitrogens with one attached hydrogen (secondary N) is 2. The minimum atomic E-state index is -0.0115. The van der Waals surface area contributed by atoms with E-state index in [0.717, 1.165) is 25.9 Å². The molecule has 0 spiro atoms. The van der Waals surface area contributed by atoms with Gasteiger partial charge in [-0.2, -0.15) is 0 Å². The van der Waals surface area contributed by atoms with Crippen molar-refractivity contribution in [2.45, 2.75) is 12.8 Å². The molecule has 0 aromatic carbocycles. The Hall–Kier alpha value is -0.650. The fraction of sp³-hybridized carbons (Fsp3) is 0.889. The normalized spacial score (nSPS) is 18.1. The van der Waals surface area contributed by atoms with Crippen LogP contribution in [0.3, 0.4) is 0 Å². The van der Waals surface area contributed by atoms with Crippen LogP contribution in [0.4, 0.5) is 0 Å². The number of rotatable bonds is 5. The van der Waals surface area contributed by atoms with Crippen LogP contribution in [0.15, 0.2) is 0 Å². The second-order valence-corrected chi connectivity index (χ2v) is 3.33. The summed E-state index contributed by atoms with van der Waals surface area (Å²) in [5.74, 6) is 0.0846. The van der Waals surface area contributed by atoms with Crippen molar-refractivity contribution in [1.82, 2.24) is 10.8 Å². The third kappa shape index (κ3) is 4.04. The lowest BCUT2D eigenvalue weighted by atomic mass is 9.98. The van der Waals surface area contributed by atoms with E-state index in [1.54, 1.807) is 7.11 Å². The van der Waals surface area contributed by atoms with Crippen molar-refractivity contribution in [2.24, 2.45) is 5.92 Å². The van der Waals surface area contributed by atoms with Gasteiger partial charge < -0.3 is 10.1 Å². The summed E-state index contributed by atoms with van der Waals surface area (Å²) in [6, 6.07) is 0. The number of amides is 1. The Morgan fingerprint density at radius 3 is 2.79 bits per heavy atom. The van der Waals surface area contributed by atoms with Gasteiger partial charge in [0.25, 0.3) is 0 Å². The molecule has 0 bridgehead atoms. The molecule has 5 heteroatoms. The molecule has 0 saturated carbocycles. The molecular weight excluding hydrogens is 184 g/mol.